The molecular formula is C23H21ClN2O3. The van der Waals surface area contributed by atoms with Crippen LogP contribution in [0.4, 0.5) is 11.4 Å². The molecule has 2 amide bonds. The van der Waals surface area contributed by atoms with Crippen LogP contribution >= 0.6 is 11.6 Å². The number of halogens is 1. The fourth-order valence-corrected chi connectivity index (χ4v) is 2.90. The van der Waals surface area contributed by atoms with Crippen molar-refractivity contribution in [2.75, 3.05) is 17.3 Å². The Morgan fingerprint density at radius 3 is 2.38 bits per heavy atom. The van der Waals surface area contributed by atoms with E-state index in [4.69, 9.17) is 16.3 Å². The summed E-state index contributed by atoms with van der Waals surface area (Å²) in [5.41, 5.74) is 1.76. The maximum atomic E-state index is 12.8. The number of nitrogens with one attached hydrogen (secondary N) is 1. The van der Waals surface area contributed by atoms with Crippen molar-refractivity contribution in [3.63, 3.8) is 0 Å². The smallest absolute Gasteiger partial charge is 0.265 e. The third-order valence-corrected chi connectivity index (χ3v) is 4.65. The Bertz CT molecular complexity index is 1010. The van der Waals surface area contributed by atoms with E-state index in [1.165, 1.54) is 0 Å². The molecule has 0 spiro atoms. The second kappa shape index (κ2) is 9.26. The molecule has 3 aromatic rings. The Labute approximate surface area is 174 Å². The molecule has 0 fully saturated rings. The number of ether oxygens (including phenoxy) is 1. The fourth-order valence-electron chi connectivity index (χ4n) is 2.72. The van der Waals surface area contributed by atoms with Crippen molar-refractivity contribution < 1.29 is 14.3 Å². The van der Waals surface area contributed by atoms with Crippen molar-refractivity contribution in [1.29, 1.82) is 0 Å². The van der Waals surface area contributed by atoms with Gasteiger partial charge in [0, 0.05) is 24.0 Å². The van der Waals surface area contributed by atoms with Crippen molar-refractivity contribution in [2.24, 2.45) is 0 Å². The number of carbonyl (C=O) groups excluding carboxylic acids is 2. The molecular weight excluding hydrogens is 388 g/mol. The van der Waals surface area contributed by atoms with E-state index in [0.717, 1.165) is 5.69 Å². The van der Waals surface area contributed by atoms with Gasteiger partial charge in [-0.25, -0.2) is 0 Å². The van der Waals surface area contributed by atoms with Crippen LogP contribution < -0.4 is 15.0 Å². The van der Waals surface area contributed by atoms with Gasteiger partial charge in [-0.1, -0.05) is 48.0 Å². The Morgan fingerprint density at radius 2 is 1.66 bits per heavy atom. The summed E-state index contributed by atoms with van der Waals surface area (Å²) in [6.45, 7) is 1.64. The van der Waals surface area contributed by atoms with Crippen molar-refractivity contribution in [3.8, 4) is 5.75 Å². The van der Waals surface area contributed by atoms with E-state index in [9.17, 15) is 9.59 Å². The quantitative estimate of drug-likeness (QED) is 0.622. The summed E-state index contributed by atoms with van der Waals surface area (Å²) in [6.07, 6.45) is -0.763. The lowest BCUT2D eigenvalue weighted by Crippen LogP contribution is -2.30. The molecule has 1 unspecified atom stereocenters. The molecule has 0 aromatic heterocycles. The molecule has 3 aromatic carbocycles. The van der Waals surface area contributed by atoms with Gasteiger partial charge in [0.25, 0.3) is 11.8 Å². The zero-order chi connectivity index (χ0) is 20.8. The first-order valence-electron chi connectivity index (χ1n) is 9.11. The van der Waals surface area contributed by atoms with Gasteiger partial charge >= 0.3 is 0 Å². The number of anilines is 2. The first-order valence-corrected chi connectivity index (χ1v) is 9.48. The fraction of sp³-hybridized carbons (Fsp3) is 0.130. The normalized spacial score (nSPS) is 11.4. The molecule has 5 nitrogen and oxygen atoms in total. The van der Waals surface area contributed by atoms with E-state index in [0.29, 0.717) is 22.0 Å². The van der Waals surface area contributed by atoms with Crippen LogP contribution in [-0.4, -0.2) is 25.0 Å². The van der Waals surface area contributed by atoms with Crippen molar-refractivity contribution >= 4 is 34.8 Å². The molecule has 0 saturated heterocycles. The van der Waals surface area contributed by atoms with E-state index >= 15 is 0 Å². The van der Waals surface area contributed by atoms with Crippen LogP contribution in [0.5, 0.6) is 5.75 Å². The highest BCUT2D eigenvalue weighted by Crippen LogP contribution is 2.24. The first-order chi connectivity index (χ1) is 14.0. The first kappa shape index (κ1) is 20.4. The van der Waals surface area contributed by atoms with Gasteiger partial charge in [0.2, 0.25) is 0 Å². The summed E-state index contributed by atoms with van der Waals surface area (Å²) in [5.74, 6) is -0.0798. The third-order valence-electron chi connectivity index (χ3n) is 4.33. The van der Waals surface area contributed by atoms with Crippen LogP contribution in [-0.2, 0) is 4.79 Å². The topological polar surface area (TPSA) is 58.6 Å². The van der Waals surface area contributed by atoms with Gasteiger partial charge in [-0.3, -0.25) is 9.59 Å². The van der Waals surface area contributed by atoms with E-state index in [-0.39, 0.29) is 11.8 Å². The number of hydrogen-bond donors (Lipinski definition) is 1. The predicted octanol–water partition coefficient (Wildman–Crippen LogP) is 5.02. The number of para-hydroxylation sites is 2. The molecule has 0 saturated carbocycles. The number of carbonyl (C=O) groups is 2. The summed E-state index contributed by atoms with van der Waals surface area (Å²) >= 11 is 6.07. The number of hydrogen-bond acceptors (Lipinski definition) is 3. The lowest BCUT2D eigenvalue weighted by Gasteiger charge is -2.18. The van der Waals surface area contributed by atoms with Gasteiger partial charge in [-0.05, 0) is 49.4 Å². The van der Waals surface area contributed by atoms with Crippen LogP contribution in [0.1, 0.15) is 17.3 Å². The molecule has 29 heavy (non-hydrogen) atoms. The molecule has 1 atom stereocenters. The van der Waals surface area contributed by atoms with Crippen LogP contribution in [0, 0.1) is 0 Å². The van der Waals surface area contributed by atoms with Crippen molar-refractivity contribution in [3.05, 3.63) is 89.4 Å². The molecule has 0 heterocycles. The number of amides is 2. The molecule has 0 aliphatic rings. The Morgan fingerprint density at radius 1 is 0.966 bits per heavy atom. The van der Waals surface area contributed by atoms with Crippen LogP contribution in [0.2, 0.25) is 5.02 Å². The Kier molecular flexibility index (Phi) is 6.52. The van der Waals surface area contributed by atoms with Crippen molar-refractivity contribution in [1.82, 2.24) is 0 Å². The summed E-state index contributed by atoms with van der Waals surface area (Å²) in [7, 11) is 1.71. The van der Waals surface area contributed by atoms with Crippen LogP contribution in [0.3, 0.4) is 0 Å². The average molecular weight is 409 g/mol. The van der Waals surface area contributed by atoms with E-state index in [2.05, 4.69) is 5.32 Å². The maximum Gasteiger partial charge on any atom is 0.265 e. The van der Waals surface area contributed by atoms with E-state index in [1.807, 2.05) is 30.3 Å². The highest BCUT2D eigenvalue weighted by molar-refractivity contribution is 6.32. The zero-order valence-electron chi connectivity index (χ0n) is 16.1. The van der Waals surface area contributed by atoms with Gasteiger partial charge < -0.3 is 15.0 Å². The summed E-state index contributed by atoms with van der Waals surface area (Å²) in [4.78, 5) is 26.8. The molecule has 3 rings (SSSR count). The third kappa shape index (κ3) is 5.15. The highest BCUT2D eigenvalue weighted by atomic mass is 35.5. The van der Waals surface area contributed by atoms with Gasteiger partial charge in [-0.2, -0.15) is 0 Å². The monoisotopic (exact) mass is 408 g/mol. The van der Waals surface area contributed by atoms with Gasteiger partial charge in [0.1, 0.15) is 5.75 Å². The summed E-state index contributed by atoms with van der Waals surface area (Å²) in [6, 6.07) is 23.1. The van der Waals surface area contributed by atoms with Gasteiger partial charge in [0.05, 0.1) is 5.02 Å². The number of nitrogens with zero attached hydrogens (tertiary/aromatic N) is 1. The van der Waals surface area contributed by atoms with Gasteiger partial charge in [0.15, 0.2) is 6.10 Å². The summed E-state index contributed by atoms with van der Waals surface area (Å²) in [5, 5.41) is 3.21. The minimum absolute atomic E-state index is 0.173. The molecule has 148 valence electrons. The largest absolute Gasteiger partial charge is 0.479 e. The number of benzene rings is 3. The zero-order valence-corrected chi connectivity index (χ0v) is 16.9. The van der Waals surface area contributed by atoms with Crippen molar-refractivity contribution in [2.45, 2.75) is 13.0 Å². The second-order valence-electron chi connectivity index (χ2n) is 6.46. The lowest BCUT2D eigenvalue weighted by molar-refractivity contribution is -0.122. The predicted molar refractivity (Wildman–Crippen MR) is 116 cm³/mol. The standard InChI is InChI=1S/C23H21ClN2O3/c1-16(29-21-14-7-6-13-20(21)24)22(27)25-18-10-8-9-17(15-18)23(28)26(2)19-11-4-3-5-12-19/h3-16H,1-2H3,(H,25,27). The van der Waals surface area contributed by atoms with Crippen LogP contribution in [0.25, 0.3) is 0 Å². The minimum atomic E-state index is -0.763. The van der Waals surface area contributed by atoms with E-state index in [1.54, 1.807) is 67.4 Å². The Hall–Kier alpha value is -3.31. The molecule has 1 N–H and O–H groups in total. The highest BCUT2D eigenvalue weighted by Gasteiger charge is 2.18. The van der Waals surface area contributed by atoms with E-state index < -0.39 is 6.10 Å². The Balaban J connectivity index is 1.68. The lowest BCUT2D eigenvalue weighted by atomic mass is 10.1. The maximum absolute atomic E-state index is 12.8. The van der Waals surface area contributed by atoms with Gasteiger partial charge in [-0.15, -0.1) is 0 Å². The number of rotatable bonds is 6. The molecule has 0 bridgehead atoms. The second-order valence-corrected chi connectivity index (χ2v) is 6.87. The minimum Gasteiger partial charge on any atom is -0.479 e. The SMILES string of the molecule is CC(Oc1ccccc1Cl)C(=O)Nc1cccc(C(=O)N(C)c2ccccc2)c1. The summed E-state index contributed by atoms with van der Waals surface area (Å²) < 4.78 is 5.63. The molecule has 0 radical (unpaired) electrons. The molecule has 6 heteroatoms. The van der Waals surface area contributed by atoms with Crippen LogP contribution in [0.15, 0.2) is 78.9 Å². The molecule has 0 aliphatic carbocycles. The molecule has 0 aliphatic heterocycles. The average Bonchev–Trinajstić information content (AvgIpc) is 2.75.